The Morgan fingerprint density at radius 3 is 2.00 bits per heavy atom. The van der Waals surface area contributed by atoms with Crippen LogP contribution in [0.15, 0.2) is 47.8 Å². The average Bonchev–Trinajstić information content (AvgIpc) is 3.15. The Bertz CT molecular complexity index is 1030. The molecule has 0 atom stereocenters. The van der Waals surface area contributed by atoms with Crippen LogP contribution in [-0.2, 0) is 16.2 Å². The molecule has 0 fully saturated rings. The molecule has 0 N–H and O–H groups in total. The van der Waals surface area contributed by atoms with Gasteiger partial charge in [-0.25, -0.2) is 4.98 Å². The number of nitrogens with zero attached hydrogens (tertiary/aromatic N) is 1. The third kappa shape index (κ3) is 3.80. The highest BCUT2D eigenvalue weighted by molar-refractivity contribution is 7.13. The summed E-state index contributed by atoms with van der Waals surface area (Å²) in [7, 11) is 0. The largest absolute Gasteiger partial charge is 0.236 e. The molecule has 0 radical (unpaired) electrons. The highest BCUT2D eigenvalue weighted by Gasteiger charge is 2.37. The van der Waals surface area contributed by atoms with Gasteiger partial charge >= 0.3 is 0 Å². The van der Waals surface area contributed by atoms with Crippen LogP contribution < -0.4 is 0 Å². The molecule has 152 valence electrons. The van der Waals surface area contributed by atoms with E-state index in [2.05, 4.69) is 96.3 Å². The van der Waals surface area contributed by atoms with E-state index in [1.54, 1.807) is 11.3 Å². The van der Waals surface area contributed by atoms with Crippen LogP contribution in [0, 0.1) is 0 Å². The van der Waals surface area contributed by atoms with Crippen LogP contribution in [0.3, 0.4) is 0 Å². The minimum absolute atomic E-state index is 0.177. The van der Waals surface area contributed by atoms with Gasteiger partial charge in [0.15, 0.2) is 0 Å². The van der Waals surface area contributed by atoms with Gasteiger partial charge in [0.2, 0.25) is 0 Å². The van der Waals surface area contributed by atoms with E-state index in [-0.39, 0.29) is 16.2 Å². The summed E-state index contributed by atoms with van der Waals surface area (Å²) in [6.45, 7) is 16.3. The third-order valence-corrected chi connectivity index (χ3v) is 7.54. The topological polar surface area (TPSA) is 12.9 Å². The van der Waals surface area contributed by atoms with Gasteiger partial charge in [-0.1, -0.05) is 84.9 Å². The number of rotatable bonds is 2. The molecule has 1 aromatic heterocycles. The first-order valence-electron chi connectivity index (χ1n) is 10.7. The average molecular weight is 404 g/mol. The van der Waals surface area contributed by atoms with Gasteiger partial charge in [0, 0.05) is 16.5 Å². The van der Waals surface area contributed by atoms with E-state index in [9.17, 15) is 0 Å². The molecule has 2 aromatic carbocycles. The smallest absolute Gasteiger partial charge is 0.124 e. The van der Waals surface area contributed by atoms with Gasteiger partial charge in [-0.05, 0) is 51.8 Å². The summed E-state index contributed by atoms with van der Waals surface area (Å²) in [5.41, 5.74) is 8.55. The number of thiazole rings is 1. The molecule has 1 heterocycles. The molecule has 1 aliphatic carbocycles. The Labute approximate surface area is 180 Å². The van der Waals surface area contributed by atoms with Crippen LogP contribution in [0.5, 0.6) is 0 Å². The Morgan fingerprint density at radius 2 is 1.38 bits per heavy atom. The fourth-order valence-corrected chi connectivity index (χ4v) is 5.23. The zero-order valence-electron chi connectivity index (χ0n) is 18.9. The number of hydrogen-bond acceptors (Lipinski definition) is 2. The van der Waals surface area contributed by atoms with Crippen molar-refractivity contribution >= 4 is 11.3 Å². The normalized spacial score (nSPS) is 17.8. The molecule has 1 aliphatic rings. The molecule has 0 aliphatic heterocycles. The maximum absolute atomic E-state index is 4.99. The van der Waals surface area contributed by atoms with Gasteiger partial charge in [0.25, 0.3) is 0 Å². The lowest BCUT2D eigenvalue weighted by molar-refractivity contribution is 0.332. The molecule has 29 heavy (non-hydrogen) atoms. The highest BCUT2D eigenvalue weighted by Crippen LogP contribution is 2.47. The van der Waals surface area contributed by atoms with E-state index in [0.29, 0.717) is 0 Å². The van der Waals surface area contributed by atoms with Crippen molar-refractivity contribution in [3.8, 4) is 21.8 Å². The highest BCUT2D eigenvalue weighted by atomic mass is 32.1. The monoisotopic (exact) mass is 403 g/mol. The van der Waals surface area contributed by atoms with Crippen molar-refractivity contribution in [3.63, 3.8) is 0 Å². The summed E-state index contributed by atoms with van der Waals surface area (Å²) in [5.74, 6) is 0. The Hall–Kier alpha value is -1.93. The van der Waals surface area contributed by atoms with Gasteiger partial charge in [-0.2, -0.15) is 0 Å². The maximum atomic E-state index is 4.99. The van der Waals surface area contributed by atoms with Crippen LogP contribution in [0.25, 0.3) is 21.8 Å². The standard InChI is InChI=1S/C27H33NS/c1-25(2,3)20-11-8-18(9-12-20)24-28-23(17-29-24)19-10-13-21-22(16-19)27(6,7)15-14-26(21,4)5/h8-13,16-17H,14-15H2,1-7H3. The van der Waals surface area contributed by atoms with Crippen molar-refractivity contribution in [2.24, 2.45) is 0 Å². The van der Waals surface area contributed by atoms with Gasteiger partial charge in [0.1, 0.15) is 5.01 Å². The molecule has 1 nitrogen and oxygen atoms in total. The molecule has 0 saturated carbocycles. The molecular weight excluding hydrogens is 370 g/mol. The lowest BCUT2D eigenvalue weighted by atomic mass is 9.63. The van der Waals surface area contributed by atoms with E-state index in [1.165, 1.54) is 40.7 Å². The molecule has 0 saturated heterocycles. The molecule has 3 aromatic rings. The van der Waals surface area contributed by atoms with Crippen molar-refractivity contribution < 1.29 is 0 Å². The fraction of sp³-hybridized carbons (Fsp3) is 0.444. The number of hydrogen-bond donors (Lipinski definition) is 0. The second-order valence-corrected chi connectivity index (χ2v) is 11.8. The molecular formula is C27H33NS. The van der Waals surface area contributed by atoms with Crippen molar-refractivity contribution in [2.45, 2.75) is 77.6 Å². The van der Waals surface area contributed by atoms with E-state index >= 15 is 0 Å². The van der Waals surface area contributed by atoms with Gasteiger partial charge in [0.05, 0.1) is 5.69 Å². The lowest BCUT2D eigenvalue weighted by Crippen LogP contribution is -2.33. The molecule has 4 rings (SSSR count). The molecule has 0 bridgehead atoms. The summed E-state index contributed by atoms with van der Waals surface area (Å²) >= 11 is 1.74. The minimum atomic E-state index is 0.177. The Morgan fingerprint density at radius 1 is 0.793 bits per heavy atom. The molecule has 0 unspecified atom stereocenters. The van der Waals surface area contributed by atoms with Gasteiger partial charge < -0.3 is 0 Å². The summed E-state index contributed by atoms with van der Waals surface area (Å²) in [5, 5.41) is 3.30. The summed E-state index contributed by atoms with van der Waals surface area (Å²) in [6, 6.07) is 15.9. The maximum Gasteiger partial charge on any atom is 0.124 e. The van der Waals surface area contributed by atoms with Crippen LogP contribution in [0.1, 0.15) is 78.0 Å². The lowest BCUT2D eigenvalue weighted by Gasteiger charge is -2.42. The summed E-state index contributed by atoms with van der Waals surface area (Å²) in [6.07, 6.45) is 2.48. The zero-order chi connectivity index (χ0) is 21.0. The SMILES string of the molecule is CC(C)(C)c1ccc(-c2nc(-c3ccc4c(c3)C(C)(C)CCC4(C)C)cs2)cc1. The number of benzene rings is 2. The van der Waals surface area contributed by atoms with E-state index in [4.69, 9.17) is 4.98 Å². The van der Waals surface area contributed by atoms with Crippen LogP contribution in [-0.4, -0.2) is 4.98 Å². The Balaban J connectivity index is 1.69. The molecule has 0 spiro atoms. The van der Waals surface area contributed by atoms with Crippen LogP contribution in [0.4, 0.5) is 0 Å². The van der Waals surface area contributed by atoms with Crippen LogP contribution >= 0.6 is 11.3 Å². The molecule has 0 amide bonds. The summed E-state index contributed by atoms with van der Waals surface area (Å²) < 4.78 is 0. The zero-order valence-corrected chi connectivity index (χ0v) is 19.7. The predicted octanol–water partition coefficient (Wildman–Crippen LogP) is 8.12. The van der Waals surface area contributed by atoms with Gasteiger partial charge in [-0.15, -0.1) is 11.3 Å². The van der Waals surface area contributed by atoms with Crippen molar-refractivity contribution in [2.75, 3.05) is 0 Å². The van der Waals surface area contributed by atoms with E-state index in [1.807, 2.05) is 0 Å². The first kappa shape index (κ1) is 20.3. The first-order chi connectivity index (χ1) is 13.5. The number of fused-ring (bicyclic) bond motifs is 1. The Kier molecular flexibility index (Phi) is 4.77. The van der Waals surface area contributed by atoms with E-state index < -0.39 is 0 Å². The first-order valence-corrected chi connectivity index (χ1v) is 11.6. The molecule has 2 heteroatoms. The fourth-order valence-electron chi connectivity index (χ4n) is 4.40. The van der Waals surface area contributed by atoms with Crippen LogP contribution in [0.2, 0.25) is 0 Å². The number of aromatic nitrogens is 1. The van der Waals surface area contributed by atoms with Crippen molar-refractivity contribution in [3.05, 3.63) is 64.5 Å². The third-order valence-electron chi connectivity index (χ3n) is 6.65. The van der Waals surface area contributed by atoms with Crippen molar-refractivity contribution in [1.29, 1.82) is 0 Å². The van der Waals surface area contributed by atoms with Gasteiger partial charge in [-0.3, -0.25) is 0 Å². The second-order valence-electron chi connectivity index (χ2n) is 10.9. The van der Waals surface area contributed by atoms with Crippen molar-refractivity contribution in [1.82, 2.24) is 4.98 Å². The predicted molar refractivity (Wildman–Crippen MR) is 127 cm³/mol. The minimum Gasteiger partial charge on any atom is -0.236 e. The quantitative estimate of drug-likeness (QED) is 0.421. The second kappa shape index (κ2) is 6.80. The summed E-state index contributed by atoms with van der Waals surface area (Å²) in [4.78, 5) is 4.99. The van der Waals surface area contributed by atoms with E-state index in [0.717, 1.165) is 10.7 Å².